The summed E-state index contributed by atoms with van der Waals surface area (Å²) in [6.45, 7) is 7.61. The summed E-state index contributed by atoms with van der Waals surface area (Å²) in [5.41, 5.74) is 0. The van der Waals surface area contributed by atoms with Gasteiger partial charge in [-0.25, -0.2) is 0 Å². The molecule has 1 saturated carbocycles. The molecule has 1 unspecified atom stereocenters. The van der Waals surface area contributed by atoms with Crippen LogP contribution in [0.25, 0.3) is 0 Å². The second kappa shape index (κ2) is 9.97. The van der Waals surface area contributed by atoms with Gasteiger partial charge in [0, 0.05) is 44.1 Å². The minimum Gasteiger partial charge on any atom is -0.357 e. The van der Waals surface area contributed by atoms with Crippen LogP contribution in [0.5, 0.6) is 0 Å². The first kappa shape index (κ1) is 20.0. The molecule has 1 aromatic heterocycles. The van der Waals surface area contributed by atoms with Crippen molar-refractivity contribution in [2.75, 3.05) is 39.8 Å². The molecular weight excluding hydrogens is 431 g/mol. The van der Waals surface area contributed by atoms with Crippen molar-refractivity contribution in [3.8, 4) is 0 Å². The van der Waals surface area contributed by atoms with Gasteiger partial charge < -0.3 is 15.1 Å². The standard InChI is InChI=1S/C18H30N4S.HI/c1-3-19-18(21(2)10-9-17-5-4-12-23-17)20-13-15-8-11-22(14-15)16-6-7-16;/h4-5,12,15-16H,3,6-11,13-14H2,1-2H3,(H,19,20);1H. The number of likely N-dealkylation sites (tertiary alicyclic amines) is 1. The Labute approximate surface area is 167 Å². The topological polar surface area (TPSA) is 30.9 Å². The van der Waals surface area contributed by atoms with E-state index in [-0.39, 0.29) is 24.0 Å². The van der Waals surface area contributed by atoms with Crippen LogP contribution in [0.15, 0.2) is 22.5 Å². The molecule has 2 heterocycles. The van der Waals surface area contributed by atoms with E-state index in [1.54, 1.807) is 0 Å². The Morgan fingerprint density at radius 1 is 1.42 bits per heavy atom. The van der Waals surface area contributed by atoms with E-state index in [0.29, 0.717) is 0 Å². The molecule has 2 fully saturated rings. The van der Waals surface area contributed by atoms with Crippen LogP contribution in [0.1, 0.15) is 31.1 Å². The number of nitrogens with zero attached hydrogens (tertiary/aromatic N) is 3. The van der Waals surface area contributed by atoms with Crippen LogP contribution in [0.4, 0.5) is 0 Å². The number of rotatable bonds is 7. The van der Waals surface area contributed by atoms with Gasteiger partial charge in [0.2, 0.25) is 0 Å². The van der Waals surface area contributed by atoms with Crippen LogP contribution in [0, 0.1) is 5.92 Å². The van der Waals surface area contributed by atoms with Gasteiger partial charge in [0.15, 0.2) is 5.96 Å². The largest absolute Gasteiger partial charge is 0.357 e. The lowest BCUT2D eigenvalue weighted by Gasteiger charge is -2.22. The molecule has 1 aliphatic heterocycles. The van der Waals surface area contributed by atoms with Crippen LogP contribution >= 0.6 is 35.3 Å². The first-order valence-electron chi connectivity index (χ1n) is 9.02. The fraction of sp³-hybridized carbons (Fsp3) is 0.722. The highest BCUT2D eigenvalue weighted by atomic mass is 127. The average Bonchev–Trinajstić information content (AvgIpc) is 3.09. The fourth-order valence-corrected chi connectivity index (χ4v) is 4.01. The Morgan fingerprint density at radius 3 is 2.92 bits per heavy atom. The van der Waals surface area contributed by atoms with E-state index in [0.717, 1.165) is 44.0 Å². The van der Waals surface area contributed by atoms with E-state index < -0.39 is 0 Å². The average molecular weight is 462 g/mol. The maximum absolute atomic E-state index is 4.92. The normalized spacial score (nSPS) is 21.6. The second-order valence-corrected chi connectivity index (χ2v) is 7.86. The molecule has 0 radical (unpaired) electrons. The maximum Gasteiger partial charge on any atom is 0.193 e. The Kier molecular flexibility index (Phi) is 8.30. The van der Waals surface area contributed by atoms with E-state index in [4.69, 9.17) is 4.99 Å². The van der Waals surface area contributed by atoms with Crippen LogP contribution in [-0.4, -0.2) is 61.6 Å². The summed E-state index contributed by atoms with van der Waals surface area (Å²) in [6.07, 6.45) is 5.25. The maximum atomic E-state index is 4.92. The first-order valence-corrected chi connectivity index (χ1v) is 9.90. The SMILES string of the molecule is CCNC(=NCC1CCN(C2CC2)C1)N(C)CCc1cccs1.I. The fourth-order valence-electron chi connectivity index (χ4n) is 3.31. The smallest absolute Gasteiger partial charge is 0.193 e. The molecular formula is C18H31IN4S. The Balaban J connectivity index is 0.00000208. The highest BCUT2D eigenvalue weighted by molar-refractivity contribution is 14.0. The van der Waals surface area contributed by atoms with Gasteiger partial charge in [-0.1, -0.05) is 6.07 Å². The monoisotopic (exact) mass is 462 g/mol. The molecule has 0 aromatic carbocycles. The second-order valence-electron chi connectivity index (χ2n) is 6.83. The third kappa shape index (κ3) is 5.88. The molecule has 1 aliphatic carbocycles. The molecule has 4 nitrogen and oxygen atoms in total. The number of hydrogen-bond donors (Lipinski definition) is 1. The molecule has 3 rings (SSSR count). The van der Waals surface area contributed by atoms with Crippen molar-refractivity contribution in [2.24, 2.45) is 10.9 Å². The van der Waals surface area contributed by atoms with Gasteiger partial charge in [-0.3, -0.25) is 4.99 Å². The highest BCUT2D eigenvalue weighted by Crippen LogP contribution is 2.31. The number of guanidine groups is 1. The minimum atomic E-state index is 0. The molecule has 0 amide bonds. The van der Waals surface area contributed by atoms with Crippen molar-refractivity contribution in [3.05, 3.63) is 22.4 Å². The van der Waals surface area contributed by atoms with E-state index in [2.05, 4.69) is 46.6 Å². The summed E-state index contributed by atoms with van der Waals surface area (Å²) >= 11 is 1.84. The number of aliphatic imine (C=N–C) groups is 1. The molecule has 0 bridgehead atoms. The van der Waals surface area contributed by atoms with E-state index in [9.17, 15) is 0 Å². The van der Waals surface area contributed by atoms with Crippen molar-refractivity contribution >= 4 is 41.3 Å². The first-order chi connectivity index (χ1) is 11.3. The lowest BCUT2D eigenvalue weighted by atomic mass is 10.1. The van der Waals surface area contributed by atoms with Gasteiger partial charge in [-0.15, -0.1) is 35.3 Å². The predicted molar refractivity (Wildman–Crippen MR) is 115 cm³/mol. The van der Waals surface area contributed by atoms with Gasteiger partial charge in [-0.2, -0.15) is 0 Å². The van der Waals surface area contributed by atoms with Crippen molar-refractivity contribution < 1.29 is 0 Å². The third-order valence-corrected chi connectivity index (χ3v) is 5.79. The minimum absolute atomic E-state index is 0. The van der Waals surface area contributed by atoms with E-state index >= 15 is 0 Å². The lowest BCUT2D eigenvalue weighted by Crippen LogP contribution is -2.40. The van der Waals surface area contributed by atoms with Crippen LogP contribution in [-0.2, 0) is 6.42 Å². The number of thiophene rings is 1. The van der Waals surface area contributed by atoms with Gasteiger partial charge in [0.1, 0.15) is 0 Å². The Bertz CT molecular complexity index is 501. The summed E-state index contributed by atoms with van der Waals surface area (Å²) in [5.74, 6) is 1.81. The Morgan fingerprint density at radius 2 is 2.25 bits per heavy atom. The molecule has 1 N–H and O–H groups in total. The zero-order chi connectivity index (χ0) is 16.1. The van der Waals surface area contributed by atoms with Gasteiger partial charge in [0.25, 0.3) is 0 Å². The summed E-state index contributed by atoms with van der Waals surface area (Å²) < 4.78 is 0. The number of likely N-dealkylation sites (N-methyl/N-ethyl adjacent to an activating group) is 1. The molecule has 1 aromatic rings. The molecule has 6 heteroatoms. The molecule has 0 spiro atoms. The van der Waals surface area contributed by atoms with Crippen LogP contribution in [0.2, 0.25) is 0 Å². The van der Waals surface area contributed by atoms with Crippen molar-refractivity contribution in [1.29, 1.82) is 0 Å². The van der Waals surface area contributed by atoms with Gasteiger partial charge in [-0.05, 0) is 56.5 Å². The molecule has 136 valence electrons. The predicted octanol–water partition coefficient (Wildman–Crippen LogP) is 3.29. The van der Waals surface area contributed by atoms with E-state index in [1.807, 2.05) is 11.3 Å². The quantitative estimate of drug-likeness (QED) is 0.383. The highest BCUT2D eigenvalue weighted by Gasteiger charge is 2.34. The zero-order valence-electron chi connectivity index (χ0n) is 14.9. The van der Waals surface area contributed by atoms with Crippen LogP contribution in [0.3, 0.4) is 0 Å². The van der Waals surface area contributed by atoms with Gasteiger partial charge >= 0.3 is 0 Å². The number of nitrogens with one attached hydrogen (secondary N) is 1. The van der Waals surface area contributed by atoms with Gasteiger partial charge in [0.05, 0.1) is 0 Å². The van der Waals surface area contributed by atoms with E-state index in [1.165, 1.54) is 37.2 Å². The molecule has 2 aliphatic rings. The third-order valence-electron chi connectivity index (χ3n) is 4.85. The summed E-state index contributed by atoms with van der Waals surface area (Å²) in [7, 11) is 2.15. The van der Waals surface area contributed by atoms with Crippen molar-refractivity contribution in [2.45, 2.75) is 38.6 Å². The Hall–Kier alpha value is -0.340. The lowest BCUT2D eigenvalue weighted by molar-refractivity contribution is 0.315. The van der Waals surface area contributed by atoms with Crippen molar-refractivity contribution in [1.82, 2.24) is 15.1 Å². The molecule has 1 atom stereocenters. The molecule has 1 saturated heterocycles. The summed E-state index contributed by atoms with van der Waals surface area (Å²) in [5, 5.41) is 5.60. The van der Waals surface area contributed by atoms with Crippen molar-refractivity contribution in [3.63, 3.8) is 0 Å². The molecule has 24 heavy (non-hydrogen) atoms. The summed E-state index contributed by atoms with van der Waals surface area (Å²) in [4.78, 5) is 11.3. The summed E-state index contributed by atoms with van der Waals surface area (Å²) in [6, 6.07) is 5.25. The number of hydrogen-bond acceptors (Lipinski definition) is 3. The van der Waals surface area contributed by atoms with Crippen LogP contribution < -0.4 is 5.32 Å². The zero-order valence-corrected chi connectivity index (χ0v) is 18.1. The number of halogens is 1.